The molecule has 3 nitrogen and oxygen atoms in total. The van der Waals surface area contributed by atoms with Gasteiger partial charge in [-0.25, -0.2) is 0 Å². The number of carbonyl (C=O) groups excluding carboxylic acids is 1. The predicted molar refractivity (Wildman–Crippen MR) is 83.3 cm³/mol. The molecule has 1 aliphatic heterocycles. The molecule has 2 atom stereocenters. The molecule has 20 heavy (non-hydrogen) atoms. The van der Waals surface area contributed by atoms with E-state index in [0.717, 1.165) is 24.8 Å². The number of carbonyl (C=O) groups is 1. The molecule has 1 N–H and O–H groups in total. The molecule has 1 aliphatic carbocycles. The molecule has 1 saturated heterocycles. The molecule has 0 aromatic carbocycles. The summed E-state index contributed by atoms with van der Waals surface area (Å²) in [6.07, 6.45) is 7.95. The lowest BCUT2D eigenvalue weighted by Crippen LogP contribution is -2.38. The molecule has 0 radical (unpaired) electrons. The average Bonchev–Trinajstić information content (AvgIpc) is 2.75. The van der Waals surface area contributed by atoms with Crippen LogP contribution in [0.5, 0.6) is 0 Å². The second-order valence-electron chi connectivity index (χ2n) is 7.26. The molecule has 3 heteroatoms. The highest BCUT2D eigenvalue weighted by Gasteiger charge is 2.39. The Kier molecular flexibility index (Phi) is 5.48. The van der Waals surface area contributed by atoms with Crippen LogP contribution in [0, 0.1) is 17.8 Å². The molecule has 116 valence electrons. The van der Waals surface area contributed by atoms with Gasteiger partial charge in [0.25, 0.3) is 0 Å². The molecular weight excluding hydrogens is 248 g/mol. The van der Waals surface area contributed by atoms with Gasteiger partial charge in [0.05, 0.1) is 12.2 Å². The Morgan fingerprint density at radius 1 is 1.25 bits per heavy atom. The lowest BCUT2D eigenvalue weighted by molar-refractivity contribution is -0.131. The van der Waals surface area contributed by atoms with Crippen LogP contribution in [-0.4, -0.2) is 29.6 Å². The molecule has 0 aromatic rings. The van der Waals surface area contributed by atoms with Gasteiger partial charge in [-0.15, -0.1) is 0 Å². The maximum Gasteiger partial charge on any atom is 0.241 e. The Bertz CT molecular complexity index is 321. The van der Waals surface area contributed by atoms with E-state index in [4.69, 9.17) is 0 Å². The van der Waals surface area contributed by atoms with Crippen molar-refractivity contribution >= 4 is 5.91 Å². The Morgan fingerprint density at radius 2 is 1.90 bits per heavy atom. The Labute approximate surface area is 124 Å². The van der Waals surface area contributed by atoms with Crippen LogP contribution in [0.25, 0.3) is 0 Å². The van der Waals surface area contributed by atoms with E-state index in [2.05, 4.69) is 37.9 Å². The van der Waals surface area contributed by atoms with Gasteiger partial charge in [-0.2, -0.15) is 0 Å². The Balaban J connectivity index is 1.86. The summed E-state index contributed by atoms with van der Waals surface area (Å²) < 4.78 is 0. The standard InChI is InChI=1S/C17H32N2O/c1-5-15-18-16(12(2)3)17(20)19(15)11-10-14-8-6-13(4)7-9-14/h12-16,18H,5-11H2,1-4H3. The maximum atomic E-state index is 12.5. The zero-order chi connectivity index (χ0) is 14.7. The predicted octanol–water partition coefficient (Wildman–Crippen LogP) is 3.40. The van der Waals surface area contributed by atoms with E-state index in [1.165, 1.54) is 32.1 Å². The second kappa shape index (κ2) is 6.93. The van der Waals surface area contributed by atoms with E-state index in [9.17, 15) is 4.79 Å². The largest absolute Gasteiger partial charge is 0.326 e. The van der Waals surface area contributed by atoms with Crippen molar-refractivity contribution in [2.75, 3.05) is 6.54 Å². The molecule has 2 rings (SSSR count). The Hall–Kier alpha value is -0.570. The smallest absolute Gasteiger partial charge is 0.241 e. The number of hydrogen-bond donors (Lipinski definition) is 1. The average molecular weight is 280 g/mol. The fraction of sp³-hybridized carbons (Fsp3) is 0.941. The van der Waals surface area contributed by atoms with Crippen molar-refractivity contribution < 1.29 is 4.79 Å². The van der Waals surface area contributed by atoms with Gasteiger partial charge in [0.2, 0.25) is 5.91 Å². The van der Waals surface area contributed by atoms with Crippen molar-refractivity contribution in [1.82, 2.24) is 10.2 Å². The third-order valence-corrected chi connectivity index (χ3v) is 5.26. The van der Waals surface area contributed by atoms with E-state index < -0.39 is 0 Å². The quantitative estimate of drug-likeness (QED) is 0.837. The first-order valence-corrected chi connectivity index (χ1v) is 8.59. The van der Waals surface area contributed by atoms with Crippen LogP contribution >= 0.6 is 0 Å². The van der Waals surface area contributed by atoms with E-state index in [0.29, 0.717) is 11.8 Å². The second-order valence-corrected chi connectivity index (χ2v) is 7.26. The van der Waals surface area contributed by atoms with Crippen molar-refractivity contribution in [3.63, 3.8) is 0 Å². The molecule has 0 aromatic heterocycles. The molecule has 1 heterocycles. The first-order chi connectivity index (χ1) is 9.52. The van der Waals surface area contributed by atoms with Crippen LogP contribution in [0.15, 0.2) is 0 Å². The highest BCUT2D eigenvalue weighted by atomic mass is 16.2. The van der Waals surface area contributed by atoms with Crippen molar-refractivity contribution in [1.29, 1.82) is 0 Å². The highest BCUT2D eigenvalue weighted by Crippen LogP contribution is 2.31. The van der Waals surface area contributed by atoms with E-state index in [-0.39, 0.29) is 12.2 Å². The van der Waals surface area contributed by atoms with Gasteiger partial charge in [-0.1, -0.05) is 53.4 Å². The fourth-order valence-corrected chi connectivity index (χ4v) is 3.72. The van der Waals surface area contributed by atoms with Gasteiger partial charge in [-0.3, -0.25) is 10.1 Å². The lowest BCUT2D eigenvalue weighted by Gasteiger charge is -2.29. The zero-order valence-corrected chi connectivity index (χ0v) is 13.7. The summed E-state index contributed by atoms with van der Waals surface area (Å²) in [5, 5.41) is 3.51. The van der Waals surface area contributed by atoms with E-state index >= 15 is 0 Å². The fourth-order valence-electron chi connectivity index (χ4n) is 3.72. The summed E-state index contributed by atoms with van der Waals surface area (Å²) in [5.74, 6) is 2.47. The highest BCUT2D eigenvalue weighted by molar-refractivity contribution is 5.84. The van der Waals surface area contributed by atoms with Crippen LogP contribution in [0.1, 0.15) is 66.2 Å². The van der Waals surface area contributed by atoms with Gasteiger partial charge < -0.3 is 4.90 Å². The summed E-state index contributed by atoms with van der Waals surface area (Å²) in [7, 11) is 0. The van der Waals surface area contributed by atoms with Crippen LogP contribution in [0.4, 0.5) is 0 Å². The minimum absolute atomic E-state index is 0.0336. The van der Waals surface area contributed by atoms with Crippen molar-refractivity contribution in [3.05, 3.63) is 0 Å². The molecule has 1 saturated carbocycles. The minimum atomic E-state index is 0.0336. The SMILES string of the molecule is CCC1NC(C(C)C)C(=O)N1CCC1CCC(C)CC1. The van der Waals surface area contributed by atoms with Gasteiger partial charge in [-0.05, 0) is 30.6 Å². The summed E-state index contributed by atoms with van der Waals surface area (Å²) in [6, 6.07) is 0.0336. The first kappa shape index (κ1) is 15.8. The Morgan fingerprint density at radius 3 is 2.45 bits per heavy atom. The van der Waals surface area contributed by atoms with Gasteiger partial charge in [0.15, 0.2) is 0 Å². The van der Waals surface area contributed by atoms with Gasteiger partial charge in [0, 0.05) is 6.54 Å². The molecule has 0 spiro atoms. The third-order valence-electron chi connectivity index (χ3n) is 5.26. The summed E-state index contributed by atoms with van der Waals surface area (Å²) in [4.78, 5) is 14.6. The van der Waals surface area contributed by atoms with Gasteiger partial charge in [0.1, 0.15) is 0 Å². The van der Waals surface area contributed by atoms with E-state index in [1.807, 2.05) is 0 Å². The van der Waals surface area contributed by atoms with Crippen molar-refractivity contribution in [2.24, 2.45) is 17.8 Å². The normalized spacial score (nSPS) is 35.0. The number of nitrogens with zero attached hydrogens (tertiary/aromatic N) is 1. The lowest BCUT2D eigenvalue weighted by atomic mass is 9.81. The number of rotatable bonds is 5. The maximum absolute atomic E-state index is 12.5. The summed E-state index contributed by atoms with van der Waals surface area (Å²) in [5.41, 5.74) is 0. The van der Waals surface area contributed by atoms with E-state index in [1.54, 1.807) is 0 Å². The molecule has 1 amide bonds. The number of amides is 1. The van der Waals surface area contributed by atoms with Gasteiger partial charge >= 0.3 is 0 Å². The van der Waals surface area contributed by atoms with Crippen LogP contribution in [-0.2, 0) is 4.79 Å². The van der Waals surface area contributed by atoms with Crippen molar-refractivity contribution in [2.45, 2.75) is 78.4 Å². The minimum Gasteiger partial charge on any atom is -0.326 e. The first-order valence-electron chi connectivity index (χ1n) is 8.59. The number of hydrogen-bond acceptors (Lipinski definition) is 2. The zero-order valence-electron chi connectivity index (χ0n) is 13.7. The molecule has 0 bridgehead atoms. The van der Waals surface area contributed by atoms with Crippen LogP contribution in [0.2, 0.25) is 0 Å². The summed E-state index contributed by atoms with van der Waals surface area (Å²) in [6.45, 7) is 9.75. The molecule has 2 unspecified atom stereocenters. The van der Waals surface area contributed by atoms with Crippen LogP contribution in [0.3, 0.4) is 0 Å². The number of nitrogens with one attached hydrogen (secondary N) is 1. The molecule has 2 aliphatic rings. The third kappa shape index (κ3) is 3.55. The molecular formula is C17H32N2O. The summed E-state index contributed by atoms with van der Waals surface area (Å²) >= 11 is 0. The van der Waals surface area contributed by atoms with Crippen LogP contribution < -0.4 is 5.32 Å². The topological polar surface area (TPSA) is 32.3 Å². The molecule has 2 fully saturated rings. The monoisotopic (exact) mass is 280 g/mol. The van der Waals surface area contributed by atoms with Crippen molar-refractivity contribution in [3.8, 4) is 0 Å².